The van der Waals surface area contributed by atoms with Gasteiger partial charge >= 0.3 is 0 Å². The van der Waals surface area contributed by atoms with Crippen LogP contribution in [0.4, 0.5) is 0 Å². The van der Waals surface area contributed by atoms with Crippen molar-refractivity contribution in [1.82, 2.24) is 14.4 Å². The number of ketones is 1. The number of halogens is 1. The molecule has 0 saturated heterocycles. The van der Waals surface area contributed by atoms with Crippen molar-refractivity contribution >= 4 is 22.9 Å². The molecule has 5 heteroatoms. The number of rotatable bonds is 1. The van der Waals surface area contributed by atoms with Gasteiger partial charge < -0.3 is 0 Å². The van der Waals surface area contributed by atoms with Gasteiger partial charge in [-0.3, -0.25) is 9.20 Å². The number of fused-ring (bicyclic) bond motifs is 1. The summed E-state index contributed by atoms with van der Waals surface area (Å²) in [5, 5.41) is 0.450. The van der Waals surface area contributed by atoms with E-state index in [1.54, 1.807) is 12.4 Å². The van der Waals surface area contributed by atoms with Gasteiger partial charge in [0.15, 0.2) is 5.15 Å². The number of hydrogen-bond donors (Lipinski definition) is 0. The molecule has 1 saturated carbocycles. The van der Waals surface area contributed by atoms with E-state index in [-0.39, 0.29) is 5.92 Å². The molecule has 1 aliphatic rings. The van der Waals surface area contributed by atoms with Crippen LogP contribution in [0.15, 0.2) is 18.6 Å². The number of imidazole rings is 1. The summed E-state index contributed by atoms with van der Waals surface area (Å²) < 4.78 is 1.93. The highest BCUT2D eigenvalue weighted by Gasteiger charge is 2.27. The number of carbonyl (C=O) groups is 1. The Kier molecular flexibility index (Phi) is 2.17. The van der Waals surface area contributed by atoms with Crippen LogP contribution < -0.4 is 0 Å². The van der Waals surface area contributed by atoms with Gasteiger partial charge in [0.1, 0.15) is 17.1 Å². The second kappa shape index (κ2) is 3.56. The summed E-state index contributed by atoms with van der Waals surface area (Å²) in [6.45, 7) is 0. The summed E-state index contributed by atoms with van der Waals surface area (Å²) in [5.74, 6) is 1.47. The molecule has 2 heterocycles. The highest BCUT2D eigenvalue weighted by molar-refractivity contribution is 6.32. The van der Waals surface area contributed by atoms with Crippen LogP contribution in [0.3, 0.4) is 0 Å². The van der Waals surface area contributed by atoms with Crippen molar-refractivity contribution in [3.05, 3.63) is 29.6 Å². The zero-order valence-electron chi connectivity index (χ0n) is 8.56. The molecular formula is C11H10ClN3O. The van der Waals surface area contributed by atoms with E-state index in [4.69, 9.17) is 11.6 Å². The minimum absolute atomic E-state index is 0.230. The van der Waals surface area contributed by atoms with Crippen LogP contribution in [0.2, 0.25) is 5.15 Å². The third-order valence-corrected chi connectivity index (χ3v) is 3.34. The van der Waals surface area contributed by atoms with Gasteiger partial charge in [-0.25, -0.2) is 9.97 Å². The molecule has 2 aromatic rings. The van der Waals surface area contributed by atoms with Crippen molar-refractivity contribution in [1.29, 1.82) is 0 Å². The minimum atomic E-state index is 0.230. The Balaban J connectivity index is 2.11. The predicted molar refractivity (Wildman–Crippen MR) is 59.6 cm³/mol. The monoisotopic (exact) mass is 235 g/mol. The molecule has 1 unspecified atom stereocenters. The molecule has 0 bridgehead atoms. The van der Waals surface area contributed by atoms with Crippen LogP contribution in [-0.4, -0.2) is 20.2 Å². The van der Waals surface area contributed by atoms with Crippen molar-refractivity contribution in [2.24, 2.45) is 0 Å². The summed E-state index contributed by atoms with van der Waals surface area (Å²) in [6.07, 6.45) is 7.35. The molecule has 0 radical (unpaired) electrons. The van der Waals surface area contributed by atoms with Crippen LogP contribution in [0.1, 0.15) is 31.0 Å². The van der Waals surface area contributed by atoms with E-state index in [2.05, 4.69) is 9.97 Å². The Labute approximate surface area is 97.3 Å². The lowest BCUT2D eigenvalue weighted by molar-refractivity contribution is -0.117. The largest absolute Gasteiger partial charge is 0.300 e. The van der Waals surface area contributed by atoms with Crippen molar-refractivity contribution in [2.45, 2.75) is 25.2 Å². The topological polar surface area (TPSA) is 47.3 Å². The molecule has 0 amide bonds. The second-order valence-corrected chi connectivity index (χ2v) is 4.43. The van der Waals surface area contributed by atoms with Gasteiger partial charge in [-0.15, -0.1) is 0 Å². The zero-order valence-corrected chi connectivity index (χ0v) is 9.31. The van der Waals surface area contributed by atoms with E-state index in [1.807, 2.05) is 10.6 Å². The van der Waals surface area contributed by atoms with Gasteiger partial charge in [-0.2, -0.15) is 0 Å². The van der Waals surface area contributed by atoms with Crippen LogP contribution in [-0.2, 0) is 4.79 Å². The molecule has 16 heavy (non-hydrogen) atoms. The lowest BCUT2D eigenvalue weighted by atomic mass is 10.1. The molecule has 82 valence electrons. The highest BCUT2D eigenvalue weighted by Crippen LogP contribution is 2.32. The SMILES string of the molecule is O=C1CCC(c2ncc3c(Cl)nccn23)C1. The summed E-state index contributed by atoms with van der Waals surface area (Å²) in [5.41, 5.74) is 0.804. The van der Waals surface area contributed by atoms with Gasteiger partial charge in [0.05, 0.1) is 6.20 Å². The fraction of sp³-hybridized carbons (Fsp3) is 0.364. The molecular weight excluding hydrogens is 226 g/mol. The maximum Gasteiger partial charge on any atom is 0.154 e. The van der Waals surface area contributed by atoms with Gasteiger partial charge in [0.25, 0.3) is 0 Å². The Morgan fingerprint density at radius 2 is 2.31 bits per heavy atom. The van der Waals surface area contributed by atoms with E-state index in [0.29, 0.717) is 23.8 Å². The Morgan fingerprint density at radius 1 is 1.44 bits per heavy atom. The fourth-order valence-electron chi connectivity index (χ4n) is 2.25. The van der Waals surface area contributed by atoms with E-state index in [1.165, 1.54) is 0 Å². The molecule has 0 aliphatic heterocycles. The summed E-state index contributed by atoms with van der Waals surface area (Å²) in [4.78, 5) is 19.6. The number of Topliss-reactive ketones (excluding diaryl/α,β-unsaturated/α-hetero) is 1. The first-order valence-electron chi connectivity index (χ1n) is 5.25. The number of nitrogens with zero attached hydrogens (tertiary/aromatic N) is 3. The van der Waals surface area contributed by atoms with Crippen molar-refractivity contribution in [3.63, 3.8) is 0 Å². The average Bonchev–Trinajstić information content (AvgIpc) is 2.84. The second-order valence-electron chi connectivity index (χ2n) is 4.07. The molecule has 1 fully saturated rings. The smallest absolute Gasteiger partial charge is 0.154 e. The number of aromatic nitrogens is 3. The van der Waals surface area contributed by atoms with Crippen molar-refractivity contribution in [2.75, 3.05) is 0 Å². The van der Waals surface area contributed by atoms with E-state index >= 15 is 0 Å². The maximum atomic E-state index is 11.3. The van der Waals surface area contributed by atoms with Gasteiger partial charge in [-0.05, 0) is 6.42 Å². The normalized spacial score (nSPS) is 20.8. The van der Waals surface area contributed by atoms with Gasteiger partial charge in [0, 0.05) is 31.2 Å². The molecule has 4 nitrogen and oxygen atoms in total. The average molecular weight is 236 g/mol. The van der Waals surface area contributed by atoms with Crippen molar-refractivity contribution in [3.8, 4) is 0 Å². The first-order valence-corrected chi connectivity index (χ1v) is 5.62. The van der Waals surface area contributed by atoms with Crippen LogP contribution >= 0.6 is 11.6 Å². The lowest BCUT2D eigenvalue weighted by Gasteiger charge is -2.06. The van der Waals surface area contributed by atoms with Gasteiger partial charge in [0.2, 0.25) is 0 Å². The minimum Gasteiger partial charge on any atom is -0.300 e. The highest BCUT2D eigenvalue weighted by atomic mass is 35.5. The first-order chi connectivity index (χ1) is 7.75. The quantitative estimate of drug-likeness (QED) is 0.762. The molecule has 0 aromatic carbocycles. The van der Waals surface area contributed by atoms with Gasteiger partial charge in [-0.1, -0.05) is 11.6 Å². The number of carbonyl (C=O) groups excluding carboxylic acids is 1. The molecule has 3 rings (SSSR count). The number of hydrogen-bond acceptors (Lipinski definition) is 3. The molecule has 0 spiro atoms. The fourth-order valence-corrected chi connectivity index (χ4v) is 2.45. The standard InChI is InChI=1S/C11H10ClN3O/c12-10-9-6-14-11(15(9)4-3-13-10)7-1-2-8(16)5-7/h3-4,6-7H,1-2,5H2. The van der Waals surface area contributed by atoms with E-state index in [0.717, 1.165) is 17.8 Å². The summed E-state index contributed by atoms with van der Waals surface area (Å²) >= 11 is 5.97. The van der Waals surface area contributed by atoms with Crippen LogP contribution in [0, 0.1) is 0 Å². The lowest BCUT2D eigenvalue weighted by Crippen LogP contribution is -2.01. The predicted octanol–water partition coefficient (Wildman–Crippen LogP) is 2.22. The van der Waals surface area contributed by atoms with E-state index in [9.17, 15) is 4.79 Å². The Morgan fingerprint density at radius 3 is 3.06 bits per heavy atom. The van der Waals surface area contributed by atoms with Crippen LogP contribution in [0.5, 0.6) is 0 Å². The molecule has 1 atom stereocenters. The molecule has 1 aliphatic carbocycles. The maximum absolute atomic E-state index is 11.3. The van der Waals surface area contributed by atoms with E-state index < -0.39 is 0 Å². The Hall–Kier alpha value is -1.42. The molecule has 2 aromatic heterocycles. The Bertz CT molecular complexity index is 563. The van der Waals surface area contributed by atoms with Crippen LogP contribution in [0.25, 0.3) is 5.52 Å². The van der Waals surface area contributed by atoms with Crippen molar-refractivity contribution < 1.29 is 4.79 Å². The first kappa shape index (κ1) is 9.78. The summed E-state index contributed by atoms with van der Waals surface area (Å²) in [7, 11) is 0. The summed E-state index contributed by atoms with van der Waals surface area (Å²) in [6, 6.07) is 0. The third kappa shape index (κ3) is 1.41. The molecule has 0 N–H and O–H groups in total. The third-order valence-electron chi connectivity index (χ3n) is 3.05. The zero-order chi connectivity index (χ0) is 11.1.